The van der Waals surface area contributed by atoms with Crippen LogP contribution in [0.1, 0.15) is 5.56 Å². The summed E-state index contributed by atoms with van der Waals surface area (Å²) in [7, 11) is 1.86. The van der Waals surface area contributed by atoms with Gasteiger partial charge in [0, 0.05) is 29.2 Å². The first-order valence-electron chi connectivity index (χ1n) is 6.04. The first-order valence-corrected chi connectivity index (χ1v) is 6.04. The Hall–Kier alpha value is -2.36. The van der Waals surface area contributed by atoms with Crippen LogP contribution in [0.2, 0.25) is 0 Å². The van der Waals surface area contributed by atoms with E-state index in [0.29, 0.717) is 22.4 Å². The molecule has 1 aromatic heterocycles. The molecule has 2 aromatic carbocycles. The van der Waals surface area contributed by atoms with Crippen molar-refractivity contribution in [3.63, 3.8) is 0 Å². The van der Waals surface area contributed by atoms with Crippen molar-refractivity contribution < 1.29 is 4.39 Å². The van der Waals surface area contributed by atoms with E-state index in [-0.39, 0.29) is 5.82 Å². The number of anilines is 1. The zero-order chi connectivity index (χ0) is 13.6. The third kappa shape index (κ3) is 1.76. The van der Waals surface area contributed by atoms with E-state index in [1.54, 1.807) is 29.9 Å². The number of hydrogen-bond acceptors (Lipinski definition) is 2. The summed E-state index contributed by atoms with van der Waals surface area (Å²) in [6.45, 7) is 1.75. The highest BCUT2D eigenvalue weighted by atomic mass is 19.1. The van der Waals surface area contributed by atoms with Gasteiger partial charge in [0.05, 0.1) is 11.7 Å². The summed E-state index contributed by atoms with van der Waals surface area (Å²) < 4.78 is 16.0. The van der Waals surface area contributed by atoms with E-state index >= 15 is 0 Å². The molecule has 3 aromatic rings. The molecule has 0 fully saturated rings. The Morgan fingerprint density at radius 3 is 2.79 bits per heavy atom. The maximum Gasteiger partial charge on any atom is 0.134 e. The molecule has 19 heavy (non-hydrogen) atoms. The van der Waals surface area contributed by atoms with Crippen molar-refractivity contribution >= 4 is 16.6 Å². The number of aromatic nitrogens is 2. The van der Waals surface area contributed by atoms with E-state index in [9.17, 15) is 4.39 Å². The van der Waals surface area contributed by atoms with Crippen LogP contribution < -0.4 is 5.73 Å². The van der Waals surface area contributed by atoms with Gasteiger partial charge in [-0.2, -0.15) is 5.10 Å². The molecule has 96 valence electrons. The highest BCUT2D eigenvalue weighted by Gasteiger charge is 2.12. The molecule has 0 amide bonds. The molecule has 0 atom stereocenters. The summed E-state index contributed by atoms with van der Waals surface area (Å²) in [5, 5.41) is 5.13. The second-order valence-corrected chi connectivity index (χ2v) is 4.70. The lowest BCUT2D eigenvalue weighted by Gasteiger charge is -2.09. The summed E-state index contributed by atoms with van der Waals surface area (Å²) in [6.07, 6.45) is 1.75. The van der Waals surface area contributed by atoms with Gasteiger partial charge in [0.2, 0.25) is 0 Å². The topological polar surface area (TPSA) is 43.8 Å². The second kappa shape index (κ2) is 4.09. The minimum absolute atomic E-state index is 0.226. The highest BCUT2D eigenvalue weighted by molar-refractivity contribution is 5.91. The number of benzene rings is 2. The van der Waals surface area contributed by atoms with Gasteiger partial charge in [0.1, 0.15) is 5.82 Å². The number of nitrogens with two attached hydrogens (primary N) is 1. The van der Waals surface area contributed by atoms with Gasteiger partial charge in [-0.3, -0.25) is 4.68 Å². The molecule has 4 heteroatoms. The lowest BCUT2D eigenvalue weighted by atomic mass is 10.00. The normalized spacial score (nSPS) is 11.1. The number of halogens is 1. The fourth-order valence-corrected chi connectivity index (χ4v) is 2.31. The van der Waals surface area contributed by atoms with E-state index in [1.807, 2.05) is 25.2 Å². The lowest BCUT2D eigenvalue weighted by Crippen LogP contribution is -1.95. The van der Waals surface area contributed by atoms with Gasteiger partial charge in [0.15, 0.2) is 0 Å². The van der Waals surface area contributed by atoms with Crippen LogP contribution in [0, 0.1) is 12.7 Å². The Kier molecular flexibility index (Phi) is 2.52. The zero-order valence-corrected chi connectivity index (χ0v) is 10.8. The van der Waals surface area contributed by atoms with E-state index in [2.05, 4.69) is 5.10 Å². The van der Waals surface area contributed by atoms with Gasteiger partial charge in [-0.05, 0) is 24.6 Å². The van der Waals surface area contributed by atoms with Crippen LogP contribution in [-0.4, -0.2) is 9.78 Å². The van der Waals surface area contributed by atoms with Crippen LogP contribution in [0.5, 0.6) is 0 Å². The number of rotatable bonds is 1. The van der Waals surface area contributed by atoms with Crippen LogP contribution >= 0.6 is 0 Å². The van der Waals surface area contributed by atoms with Crippen LogP contribution in [0.4, 0.5) is 10.1 Å². The van der Waals surface area contributed by atoms with Crippen molar-refractivity contribution in [3.05, 3.63) is 47.9 Å². The van der Waals surface area contributed by atoms with Crippen LogP contribution in [0.25, 0.3) is 22.0 Å². The monoisotopic (exact) mass is 255 g/mol. The van der Waals surface area contributed by atoms with Crippen LogP contribution in [0.15, 0.2) is 36.5 Å². The molecule has 0 aliphatic rings. The summed E-state index contributed by atoms with van der Waals surface area (Å²) in [5.74, 6) is -0.226. The second-order valence-electron chi connectivity index (χ2n) is 4.70. The first-order chi connectivity index (χ1) is 9.08. The minimum Gasteiger partial charge on any atom is -0.398 e. The minimum atomic E-state index is -0.226. The van der Waals surface area contributed by atoms with Crippen molar-refractivity contribution in [1.82, 2.24) is 9.78 Å². The first kappa shape index (κ1) is 11.7. The zero-order valence-electron chi connectivity index (χ0n) is 10.8. The number of nitrogen functional groups attached to an aromatic ring is 1. The number of hydrogen-bond donors (Lipinski definition) is 1. The third-order valence-electron chi connectivity index (χ3n) is 3.40. The quantitative estimate of drug-likeness (QED) is 0.678. The molecule has 0 saturated carbocycles. The van der Waals surface area contributed by atoms with Crippen molar-refractivity contribution in [1.29, 1.82) is 0 Å². The van der Waals surface area contributed by atoms with E-state index in [4.69, 9.17) is 5.73 Å². The number of nitrogens with zero attached hydrogens (tertiary/aromatic N) is 2. The SMILES string of the molecule is Cc1cccc(-c2cc3c(cnn3C)cc2N)c1F. The van der Waals surface area contributed by atoms with Crippen molar-refractivity contribution in [3.8, 4) is 11.1 Å². The predicted molar refractivity (Wildman–Crippen MR) is 75.3 cm³/mol. The Labute approximate surface area is 110 Å². The fraction of sp³-hybridized carbons (Fsp3) is 0.133. The maximum atomic E-state index is 14.2. The highest BCUT2D eigenvalue weighted by Crippen LogP contribution is 2.32. The molecule has 3 nitrogen and oxygen atoms in total. The Morgan fingerprint density at radius 1 is 1.21 bits per heavy atom. The Bertz CT molecular complexity index is 774. The van der Waals surface area contributed by atoms with Gasteiger partial charge in [-0.25, -0.2) is 4.39 Å². The largest absolute Gasteiger partial charge is 0.398 e. The average molecular weight is 255 g/mol. The van der Waals surface area contributed by atoms with Gasteiger partial charge in [-0.1, -0.05) is 18.2 Å². The van der Waals surface area contributed by atoms with Gasteiger partial charge in [-0.15, -0.1) is 0 Å². The molecular formula is C15H14FN3. The van der Waals surface area contributed by atoms with Crippen molar-refractivity contribution in [2.24, 2.45) is 7.05 Å². The molecule has 0 unspecified atom stereocenters. The van der Waals surface area contributed by atoms with Crippen molar-refractivity contribution in [2.45, 2.75) is 6.92 Å². The Balaban J connectivity index is 2.32. The summed E-state index contributed by atoms with van der Waals surface area (Å²) in [5.41, 5.74) is 9.39. The van der Waals surface area contributed by atoms with E-state index < -0.39 is 0 Å². The third-order valence-corrected chi connectivity index (χ3v) is 3.40. The molecule has 0 saturated heterocycles. The molecule has 2 N–H and O–H groups in total. The standard InChI is InChI=1S/C15H14FN3/c1-9-4-3-5-11(15(9)16)12-7-14-10(6-13(12)17)8-18-19(14)2/h3-8H,17H2,1-2H3. The Morgan fingerprint density at radius 2 is 2.00 bits per heavy atom. The molecule has 0 bridgehead atoms. The van der Waals surface area contributed by atoms with Gasteiger partial charge >= 0.3 is 0 Å². The van der Waals surface area contributed by atoms with Gasteiger partial charge < -0.3 is 5.73 Å². The number of fused-ring (bicyclic) bond motifs is 1. The van der Waals surface area contributed by atoms with Gasteiger partial charge in [0.25, 0.3) is 0 Å². The average Bonchev–Trinajstić information content (AvgIpc) is 2.73. The summed E-state index contributed by atoms with van der Waals surface area (Å²) >= 11 is 0. The van der Waals surface area contributed by atoms with Crippen LogP contribution in [-0.2, 0) is 7.05 Å². The predicted octanol–water partition coefficient (Wildman–Crippen LogP) is 3.27. The summed E-state index contributed by atoms with van der Waals surface area (Å²) in [6, 6.07) is 9.05. The van der Waals surface area contributed by atoms with E-state index in [0.717, 1.165) is 10.9 Å². The molecule has 0 spiro atoms. The molecule has 0 aliphatic heterocycles. The molecule has 3 rings (SSSR count). The molecule has 0 radical (unpaired) electrons. The van der Waals surface area contributed by atoms with Crippen molar-refractivity contribution in [2.75, 3.05) is 5.73 Å². The lowest BCUT2D eigenvalue weighted by molar-refractivity contribution is 0.622. The molecular weight excluding hydrogens is 241 g/mol. The number of aryl methyl sites for hydroxylation is 2. The summed E-state index contributed by atoms with van der Waals surface area (Å²) in [4.78, 5) is 0. The smallest absolute Gasteiger partial charge is 0.134 e. The van der Waals surface area contributed by atoms with Crippen LogP contribution in [0.3, 0.4) is 0 Å². The fourth-order valence-electron chi connectivity index (χ4n) is 2.31. The maximum absolute atomic E-state index is 14.2. The molecule has 0 aliphatic carbocycles. The van der Waals surface area contributed by atoms with E-state index in [1.165, 1.54) is 0 Å². The molecule has 1 heterocycles.